The maximum Gasteiger partial charge on any atom is 0.443 e. The summed E-state index contributed by atoms with van der Waals surface area (Å²) in [7, 11) is -3.29. The van der Waals surface area contributed by atoms with E-state index < -0.39 is 7.94 Å². The van der Waals surface area contributed by atoms with Crippen LogP contribution >= 0.6 is 7.94 Å². The van der Waals surface area contributed by atoms with Gasteiger partial charge in [-0.15, -0.1) is 0 Å². The van der Waals surface area contributed by atoms with Gasteiger partial charge in [0.15, 0.2) is 5.30 Å². The zero-order chi connectivity index (χ0) is 9.03. The lowest BCUT2D eigenvalue weighted by Crippen LogP contribution is -2.12. The van der Waals surface area contributed by atoms with Gasteiger partial charge in [-0.1, -0.05) is 18.2 Å². The normalized spacial score (nSPS) is 11.6. The fourth-order valence-electron chi connectivity index (χ4n) is 0.877. The highest BCUT2D eigenvalue weighted by atomic mass is 31.2. The Morgan fingerprint density at radius 2 is 1.83 bits per heavy atom. The molecule has 1 aromatic rings. The minimum Gasteiger partial charge on any atom is -0.188 e. The van der Waals surface area contributed by atoms with Gasteiger partial charge in [0, 0.05) is 0 Å². The molecule has 1 rings (SSSR count). The Bertz CT molecular complexity index is 235. The van der Waals surface area contributed by atoms with E-state index in [1.54, 1.807) is 31.2 Å². The molecule has 0 saturated heterocycles. The first-order chi connectivity index (χ1) is 5.67. The van der Waals surface area contributed by atoms with Gasteiger partial charge in [0.1, 0.15) is 0 Å². The van der Waals surface area contributed by atoms with Crippen LogP contribution in [0, 0.1) is 0 Å². The monoisotopic (exact) mass is 187 g/mol. The van der Waals surface area contributed by atoms with E-state index in [1.807, 2.05) is 6.07 Å². The summed E-state index contributed by atoms with van der Waals surface area (Å²) in [6, 6.07) is 8.59. The van der Waals surface area contributed by atoms with Crippen molar-refractivity contribution in [1.29, 1.82) is 0 Å². The van der Waals surface area contributed by atoms with E-state index in [1.165, 1.54) is 0 Å². The Morgan fingerprint density at radius 1 is 1.25 bits per heavy atom. The van der Waals surface area contributed by atoms with Gasteiger partial charge in [0.25, 0.3) is 0 Å². The van der Waals surface area contributed by atoms with Crippen molar-refractivity contribution in [3.63, 3.8) is 0 Å². The minimum absolute atomic E-state index is 0.301. The second-order valence-electron chi connectivity index (χ2n) is 2.30. The number of benzene rings is 1. The van der Waals surface area contributed by atoms with E-state index in [0.29, 0.717) is 11.9 Å². The van der Waals surface area contributed by atoms with Gasteiger partial charge >= 0.3 is 7.94 Å². The summed E-state index contributed by atoms with van der Waals surface area (Å²) in [6.07, 6.45) is 0. The van der Waals surface area contributed by atoms with Crippen LogP contribution in [0.3, 0.4) is 0 Å². The molecule has 0 atom stereocenters. The third kappa shape index (κ3) is 2.26. The van der Waals surface area contributed by atoms with E-state index in [0.717, 1.165) is 0 Å². The molecule has 0 saturated carbocycles. The van der Waals surface area contributed by atoms with Gasteiger partial charge in [-0.25, -0.2) is 0 Å². The molecule has 1 aromatic carbocycles. The van der Waals surface area contributed by atoms with Gasteiger partial charge in [-0.2, -0.15) is 14.3 Å². The predicted octanol–water partition coefficient (Wildman–Crippen LogP) is 1.10. The Morgan fingerprint density at radius 3 is 2.33 bits per heavy atom. The van der Waals surface area contributed by atoms with Crippen molar-refractivity contribution in [1.82, 2.24) is 0 Å². The molecule has 0 unspecified atom stereocenters. The molecule has 4 heteroatoms. The van der Waals surface area contributed by atoms with Crippen LogP contribution in [0.4, 0.5) is 0 Å². The topological polar surface area (TPSA) is 49.7 Å². The maximum absolute atomic E-state index is 9.43. The Labute approximate surface area is 72.2 Å². The van der Waals surface area contributed by atoms with Crippen molar-refractivity contribution in [3.05, 3.63) is 30.3 Å². The molecule has 0 aliphatic carbocycles. The molecule has 0 amide bonds. The molecule has 0 bridgehead atoms. The van der Waals surface area contributed by atoms with Crippen molar-refractivity contribution in [2.24, 2.45) is 0 Å². The van der Waals surface area contributed by atoms with Crippen molar-refractivity contribution in [2.75, 3.05) is 6.61 Å². The van der Waals surface area contributed by atoms with E-state index in [9.17, 15) is 9.79 Å². The quantitative estimate of drug-likeness (QED) is 0.696. The molecule has 0 aromatic heterocycles. The summed E-state index contributed by atoms with van der Waals surface area (Å²) in [5.41, 5.74) is 0. The van der Waals surface area contributed by atoms with Crippen molar-refractivity contribution >= 4 is 13.2 Å². The van der Waals surface area contributed by atoms with Gasteiger partial charge in [0.05, 0.1) is 6.61 Å². The van der Waals surface area contributed by atoms with E-state index >= 15 is 0 Å². The standard InChI is InChI=1S/C8H12O3P/c1-2-11-12(9,10)8-6-4-3-5-7-8/h3-7,9-10H,2H2,1H3/q+1. The van der Waals surface area contributed by atoms with Crippen LogP contribution in [0.5, 0.6) is 0 Å². The molecule has 0 aliphatic rings. The SMILES string of the molecule is CCO[P+](O)(O)c1ccccc1. The van der Waals surface area contributed by atoms with Crippen LogP contribution in [0.15, 0.2) is 30.3 Å². The first-order valence-corrected chi connectivity index (χ1v) is 5.33. The molecule has 2 N–H and O–H groups in total. The third-order valence-electron chi connectivity index (χ3n) is 1.40. The summed E-state index contributed by atoms with van der Waals surface area (Å²) in [6.45, 7) is 2.03. The van der Waals surface area contributed by atoms with Gasteiger partial charge in [0.2, 0.25) is 0 Å². The van der Waals surface area contributed by atoms with Crippen LogP contribution < -0.4 is 5.30 Å². The number of hydrogen-bond donors (Lipinski definition) is 2. The second-order valence-corrected chi connectivity index (χ2v) is 4.16. The number of hydrogen-bond acceptors (Lipinski definition) is 3. The average molecular weight is 187 g/mol. The molecular formula is C8H12O3P+. The predicted molar refractivity (Wildman–Crippen MR) is 49.1 cm³/mol. The molecule has 0 spiro atoms. The summed E-state index contributed by atoms with van der Waals surface area (Å²) >= 11 is 0. The van der Waals surface area contributed by atoms with Crippen LogP contribution in [0.1, 0.15) is 6.92 Å². The highest BCUT2D eigenvalue weighted by Crippen LogP contribution is 2.49. The third-order valence-corrected chi connectivity index (χ3v) is 2.99. The minimum atomic E-state index is -3.29. The molecule has 0 radical (unpaired) electrons. The first-order valence-electron chi connectivity index (χ1n) is 3.71. The van der Waals surface area contributed by atoms with Crippen LogP contribution in [0.2, 0.25) is 0 Å². The Kier molecular flexibility index (Phi) is 3.18. The summed E-state index contributed by atoms with van der Waals surface area (Å²) in [5, 5.41) is 0.451. The second kappa shape index (κ2) is 3.97. The first kappa shape index (κ1) is 9.62. The van der Waals surface area contributed by atoms with Crippen LogP contribution in [-0.4, -0.2) is 16.4 Å². The summed E-state index contributed by atoms with van der Waals surface area (Å²) < 4.78 is 4.84. The zero-order valence-corrected chi connectivity index (χ0v) is 7.74. The van der Waals surface area contributed by atoms with Crippen LogP contribution in [-0.2, 0) is 4.52 Å². The molecule has 12 heavy (non-hydrogen) atoms. The van der Waals surface area contributed by atoms with E-state index in [-0.39, 0.29) is 0 Å². The van der Waals surface area contributed by atoms with E-state index in [2.05, 4.69) is 0 Å². The van der Waals surface area contributed by atoms with Crippen molar-refractivity contribution in [3.8, 4) is 0 Å². The fraction of sp³-hybridized carbons (Fsp3) is 0.250. The van der Waals surface area contributed by atoms with Crippen molar-refractivity contribution in [2.45, 2.75) is 6.92 Å². The lowest BCUT2D eigenvalue weighted by Gasteiger charge is -2.08. The molecule has 0 fully saturated rings. The fourth-order valence-corrected chi connectivity index (χ4v) is 1.95. The highest BCUT2D eigenvalue weighted by molar-refractivity contribution is 7.67. The zero-order valence-electron chi connectivity index (χ0n) is 6.84. The molecule has 3 nitrogen and oxygen atoms in total. The molecule has 0 heterocycles. The highest BCUT2D eigenvalue weighted by Gasteiger charge is 2.38. The smallest absolute Gasteiger partial charge is 0.188 e. The van der Waals surface area contributed by atoms with Gasteiger partial charge in [-0.05, 0) is 19.1 Å². The number of rotatable bonds is 3. The Hall–Kier alpha value is -0.470. The summed E-state index contributed by atoms with van der Waals surface area (Å²) in [5.74, 6) is 0. The molecule has 0 aliphatic heterocycles. The largest absolute Gasteiger partial charge is 0.443 e. The molecule has 66 valence electrons. The van der Waals surface area contributed by atoms with Crippen molar-refractivity contribution < 1.29 is 14.3 Å². The van der Waals surface area contributed by atoms with Gasteiger partial charge in [-0.3, -0.25) is 0 Å². The maximum atomic E-state index is 9.43. The molecular weight excluding hydrogens is 175 g/mol. The van der Waals surface area contributed by atoms with Crippen LogP contribution in [0.25, 0.3) is 0 Å². The average Bonchev–Trinajstić information content (AvgIpc) is 2.06. The Balaban J connectivity index is 2.82. The van der Waals surface area contributed by atoms with Gasteiger partial charge < -0.3 is 0 Å². The van der Waals surface area contributed by atoms with E-state index in [4.69, 9.17) is 4.52 Å². The lowest BCUT2D eigenvalue weighted by molar-refractivity contribution is 0.253. The summed E-state index contributed by atoms with van der Waals surface area (Å²) in [4.78, 5) is 18.9. The lowest BCUT2D eigenvalue weighted by atomic mass is 10.4.